The predicted molar refractivity (Wildman–Crippen MR) is 226 cm³/mol. The van der Waals surface area contributed by atoms with Crippen LogP contribution in [0.4, 0.5) is 27.1 Å². The molecule has 1 unspecified atom stereocenters. The zero-order chi connectivity index (χ0) is 42.1. The fourth-order valence-electron chi connectivity index (χ4n) is 7.79. The Balaban J connectivity index is 1.04. The number of nitrogens with zero attached hydrogens (tertiary/aromatic N) is 5. The summed E-state index contributed by atoms with van der Waals surface area (Å²) in [5.74, 6) is -1.09. The Labute approximate surface area is 348 Å². The largest absolute Gasteiger partial charge is 0.492 e. The van der Waals surface area contributed by atoms with E-state index in [1.165, 1.54) is 23.1 Å². The van der Waals surface area contributed by atoms with Crippen LogP contribution in [0, 0.1) is 17.1 Å². The predicted octanol–water partition coefficient (Wildman–Crippen LogP) is 6.02. The molecule has 16 heteroatoms. The lowest BCUT2D eigenvalue weighted by molar-refractivity contribution is -0.133. The van der Waals surface area contributed by atoms with Crippen LogP contribution in [0.25, 0.3) is 0 Å². The number of anilines is 4. The molecule has 0 bridgehead atoms. The van der Waals surface area contributed by atoms with Crippen LogP contribution < -0.4 is 30.5 Å². The summed E-state index contributed by atoms with van der Waals surface area (Å²) in [5, 5.41) is 17.9. The fourth-order valence-corrected chi connectivity index (χ4v) is 8.53. The number of rotatable bonds is 12. The number of piperidine rings is 1. The summed E-state index contributed by atoms with van der Waals surface area (Å²) in [6.07, 6.45) is 0.525. The van der Waals surface area contributed by atoms with Crippen molar-refractivity contribution >= 4 is 75.3 Å². The molecule has 6 rings (SSSR count). The van der Waals surface area contributed by atoms with Crippen molar-refractivity contribution in [2.24, 2.45) is 0 Å². The Morgan fingerprint density at radius 2 is 1.78 bits per heavy atom. The van der Waals surface area contributed by atoms with Crippen molar-refractivity contribution in [3.05, 3.63) is 76.6 Å². The Hall–Kier alpha value is -5.14. The molecule has 3 aromatic rings. The van der Waals surface area contributed by atoms with Gasteiger partial charge in [0, 0.05) is 49.5 Å². The summed E-state index contributed by atoms with van der Waals surface area (Å²) < 4.78 is 21.1. The summed E-state index contributed by atoms with van der Waals surface area (Å²) in [5.41, 5.74) is 1.98. The molecule has 3 atom stereocenters. The number of piperazine rings is 1. The average molecular weight is 831 g/mol. The molecule has 0 saturated carbocycles. The molecule has 3 aromatic carbocycles. The number of benzene rings is 3. The lowest BCUT2D eigenvalue weighted by atomic mass is 9.98. The Morgan fingerprint density at radius 3 is 2.43 bits per heavy atom. The minimum absolute atomic E-state index is 0.00274. The van der Waals surface area contributed by atoms with Crippen LogP contribution in [0.5, 0.6) is 5.75 Å². The highest BCUT2D eigenvalue weighted by atomic mass is 35.5. The van der Waals surface area contributed by atoms with Crippen molar-refractivity contribution in [2.75, 3.05) is 53.2 Å². The van der Waals surface area contributed by atoms with E-state index in [-0.39, 0.29) is 59.4 Å². The number of imide groups is 1. The molecular formula is C42H48ClFN8O5S. The molecule has 0 aromatic heterocycles. The molecule has 0 spiro atoms. The van der Waals surface area contributed by atoms with Gasteiger partial charge in [-0.1, -0.05) is 25.4 Å². The lowest BCUT2D eigenvalue weighted by Crippen LogP contribution is -2.58. The monoisotopic (exact) mass is 830 g/mol. The number of carbonyl (C=O) groups is 4. The number of halogens is 2. The number of carbonyl (C=O) groups excluding carboxylic acids is 4. The van der Waals surface area contributed by atoms with Crippen LogP contribution in [0.3, 0.4) is 0 Å². The smallest absolute Gasteiger partial charge is 0.259 e. The van der Waals surface area contributed by atoms with Gasteiger partial charge < -0.3 is 20.3 Å². The molecule has 306 valence electrons. The molecule has 3 N–H and O–H groups in total. The highest BCUT2D eigenvalue weighted by Gasteiger charge is 2.50. The van der Waals surface area contributed by atoms with Crippen molar-refractivity contribution in [2.45, 2.75) is 84.0 Å². The topological polar surface area (TPSA) is 150 Å². The van der Waals surface area contributed by atoms with E-state index in [1.807, 2.05) is 43.0 Å². The second-order valence-electron chi connectivity index (χ2n) is 15.8. The Bertz CT molecular complexity index is 2170. The van der Waals surface area contributed by atoms with Crippen LogP contribution in [0.1, 0.15) is 71.4 Å². The van der Waals surface area contributed by atoms with E-state index in [9.17, 15) is 28.8 Å². The van der Waals surface area contributed by atoms with E-state index in [0.29, 0.717) is 54.7 Å². The first-order valence-electron chi connectivity index (χ1n) is 19.3. The average Bonchev–Trinajstić information content (AvgIpc) is 3.34. The highest BCUT2D eigenvalue weighted by molar-refractivity contribution is 7.81. The van der Waals surface area contributed by atoms with Gasteiger partial charge in [-0.05, 0) is 112 Å². The van der Waals surface area contributed by atoms with E-state index >= 15 is 0 Å². The van der Waals surface area contributed by atoms with Crippen molar-refractivity contribution in [1.82, 2.24) is 15.1 Å². The highest BCUT2D eigenvalue weighted by Crippen LogP contribution is 2.40. The van der Waals surface area contributed by atoms with Crippen molar-refractivity contribution in [3.63, 3.8) is 0 Å². The second-order valence-corrected chi connectivity index (χ2v) is 16.6. The van der Waals surface area contributed by atoms with Gasteiger partial charge in [-0.2, -0.15) is 5.26 Å². The Morgan fingerprint density at radius 1 is 1.07 bits per heavy atom. The maximum atomic E-state index is 14.8. The number of thiocarbonyl (C=S) groups is 1. The number of amides is 4. The van der Waals surface area contributed by atoms with Crippen LogP contribution in [-0.4, -0.2) is 95.0 Å². The van der Waals surface area contributed by atoms with Crippen molar-refractivity contribution in [1.29, 1.82) is 5.26 Å². The maximum absolute atomic E-state index is 14.8. The molecule has 0 aliphatic carbocycles. The van der Waals surface area contributed by atoms with E-state index < -0.39 is 23.3 Å². The molecule has 3 aliphatic rings. The van der Waals surface area contributed by atoms with Gasteiger partial charge >= 0.3 is 0 Å². The fraction of sp³-hybridized carbons (Fsp3) is 0.429. The minimum atomic E-state index is -0.998. The second kappa shape index (κ2) is 17.4. The van der Waals surface area contributed by atoms with Crippen LogP contribution >= 0.6 is 23.8 Å². The SMILES string of the molecule is CC(C)c1cc(N2C(=S)N(c3ccc(C#N)c(Cl)c3)C(=O)C2(C)C)ccc1OCCN1C[C@@H](C)N(CC(=O)Nc2cc(NC3CCC(=O)NC3=O)ccc2F)[C@@H](C)C1. The van der Waals surface area contributed by atoms with Crippen molar-refractivity contribution < 1.29 is 28.3 Å². The molecule has 3 fully saturated rings. The summed E-state index contributed by atoms with van der Waals surface area (Å²) >= 11 is 12.2. The quantitative estimate of drug-likeness (QED) is 0.145. The third-order valence-corrected chi connectivity index (χ3v) is 11.5. The number of ether oxygens (including phenoxy) is 1. The van der Waals surface area contributed by atoms with Gasteiger partial charge in [-0.15, -0.1) is 0 Å². The lowest BCUT2D eigenvalue weighted by Gasteiger charge is -2.44. The van der Waals surface area contributed by atoms with Gasteiger partial charge in [0.05, 0.1) is 28.5 Å². The normalized spacial score (nSPS) is 21.3. The summed E-state index contributed by atoms with van der Waals surface area (Å²) in [6.45, 7) is 14.5. The van der Waals surface area contributed by atoms with E-state index in [4.69, 9.17) is 28.6 Å². The van der Waals surface area contributed by atoms with Gasteiger partial charge in [-0.3, -0.25) is 39.2 Å². The van der Waals surface area contributed by atoms with Crippen LogP contribution in [0.2, 0.25) is 5.02 Å². The molecular weight excluding hydrogens is 783 g/mol. The molecule has 58 heavy (non-hydrogen) atoms. The van der Waals surface area contributed by atoms with Gasteiger partial charge in [0.25, 0.3) is 5.91 Å². The zero-order valence-corrected chi connectivity index (χ0v) is 35.0. The third-order valence-electron chi connectivity index (χ3n) is 10.9. The third kappa shape index (κ3) is 8.95. The first-order valence-corrected chi connectivity index (χ1v) is 20.1. The molecule has 4 amide bonds. The molecule has 3 saturated heterocycles. The number of hydrogen-bond acceptors (Lipinski definition) is 10. The number of nitrogens with one attached hydrogen (secondary N) is 3. The van der Waals surface area contributed by atoms with Crippen LogP contribution in [0.15, 0.2) is 54.6 Å². The van der Waals surface area contributed by atoms with Gasteiger partial charge in [0.1, 0.15) is 35.8 Å². The standard InChI is InChI=1S/C42H48ClFN8O5S/c1-24(2)31-18-30(52-41(58)51(40(56)42(52,5)6)29-9-7-27(20-45)32(43)19-29)10-13-36(31)57-16-15-49-21-25(3)50(26(4)22-49)23-38(54)47-35-17-28(8-11-33(35)44)46-34-12-14-37(53)48-39(34)55/h7-11,13,17-19,24-26,34,46H,12,14-16,21-23H2,1-6H3,(H,47,54)(H,48,53,55)/t25-,26+,34?. The summed E-state index contributed by atoms with van der Waals surface area (Å²) in [7, 11) is 0. The molecule has 13 nitrogen and oxygen atoms in total. The Kier molecular flexibility index (Phi) is 12.7. The molecule has 0 radical (unpaired) electrons. The van der Waals surface area contributed by atoms with Crippen LogP contribution in [-0.2, 0) is 19.2 Å². The first-order chi connectivity index (χ1) is 27.5. The van der Waals surface area contributed by atoms with E-state index in [0.717, 1.165) is 17.0 Å². The van der Waals surface area contributed by atoms with Crippen molar-refractivity contribution in [3.8, 4) is 11.8 Å². The molecule has 3 heterocycles. The van der Waals surface area contributed by atoms with E-state index in [2.05, 4.69) is 53.4 Å². The van der Waals surface area contributed by atoms with Gasteiger partial charge in [0.2, 0.25) is 17.7 Å². The van der Waals surface area contributed by atoms with Gasteiger partial charge in [0.15, 0.2) is 5.11 Å². The minimum Gasteiger partial charge on any atom is -0.492 e. The first kappa shape index (κ1) is 42.5. The number of hydrogen-bond donors (Lipinski definition) is 3. The van der Waals surface area contributed by atoms with Gasteiger partial charge in [-0.25, -0.2) is 4.39 Å². The maximum Gasteiger partial charge on any atom is 0.259 e. The summed E-state index contributed by atoms with van der Waals surface area (Å²) in [4.78, 5) is 58.3. The van der Waals surface area contributed by atoms with E-state index in [1.54, 1.807) is 18.2 Å². The zero-order valence-electron chi connectivity index (χ0n) is 33.4. The number of nitriles is 1. The summed E-state index contributed by atoms with van der Waals surface area (Å²) in [6, 6.07) is 16.3. The molecule has 3 aliphatic heterocycles.